The van der Waals surface area contributed by atoms with Gasteiger partial charge < -0.3 is 50.2 Å². The summed E-state index contributed by atoms with van der Waals surface area (Å²) in [5.74, 6) is -4.19. The summed E-state index contributed by atoms with van der Waals surface area (Å²) in [5.41, 5.74) is 3.59. The second kappa shape index (κ2) is 27.3. The van der Waals surface area contributed by atoms with Crippen LogP contribution < -0.4 is 21.3 Å². The third-order valence-corrected chi connectivity index (χ3v) is 8.87. The molecule has 6 rings (SSSR count). The molecule has 6 N–H and O–H groups in total. The van der Waals surface area contributed by atoms with Gasteiger partial charge in [-0.25, -0.2) is 19.2 Å². The lowest BCUT2D eigenvalue weighted by molar-refractivity contribution is -0.140. The molecule has 0 aliphatic rings. The van der Waals surface area contributed by atoms with Crippen molar-refractivity contribution in [3.8, 4) is 0 Å². The zero-order valence-electron chi connectivity index (χ0n) is 35.3. The summed E-state index contributed by atoms with van der Waals surface area (Å²) in [6.07, 6.45) is 9.94. The van der Waals surface area contributed by atoms with Crippen LogP contribution >= 0.6 is 0 Å². The van der Waals surface area contributed by atoms with Crippen LogP contribution in [0.5, 0.6) is 0 Å². The lowest BCUT2D eigenvalue weighted by atomic mass is 10.1. The Balaban J connectivity index is 0.000000293. The summed E-state index contributed by atoms with van der Waals surface area (Å²) < 4.78 is 19.7. The molecular weight excluding hydrogens is 867 g/mol. The highest BCUT2D eigenvalue weighted by atomic mass is 16.5. The molecule has 3 aromatic carbocycles. The minimum atomic E-state index is -0.750. The van der Waals surface area contributed by atoms with Gasteiger partial charge in [0.2, 0.25) is 0 Å². The van der Waals surface area contributed by atoms with Crippen molar-refractivity contribution in [2.45, 2.75) is 7.43 Å². The Kier molecular flexibility index (Phi) is 20.7. The van der Waals surface area contributed by atoms with Crippen molar-refractivity contribution in [1.29, 1.82) is 0 Å². The number of rotatable bonds is 20. The second-order valence-electron chi connectivity index (χ2n) is 13.5. The number of pyridine rings is 1. The fraction of sp³-hybridized carbons (Fsp3) is 0.188. The van der Waals surface area contributed by atoms with Crippen molar-refractivity contribution in [3.05, 3.63) is 162 Å². The molecular formula is C48H49N7O12. The molecule has 0 fully saturated rings. The molecule has 19 heteroatoms. The molecule has 0 aliphatic heterocycles. The van der Waals surface area contributed by atoms with Crippen LogP contribution in [0.25, 0.3) is 21.8 Å². The number of fused-ring (bicyclic) bond motifs is 2. The Bertz CT molecular complexity index is 2500. The fourth-order valence-electron chi connectivity index (χ4n) is 5.73. The Morgan fingerprint density at radius 1 is 0.448 bits per heavy atom. The van der Waals surface area contributed by atoms with Gasteiger partial charge in [-0.1, -0.05) is 62.0 Å². The standard InChI is InChI=1S/C26H24N4O6.C21H21N3O6.CH4/c31-23(35-13-11-27-25(33)19-15-29-21-7-3-1-5-17(19)21)9-10-24(32)36-14-12-28-26(34)20-16-30-22-8-4-2-6-18(20)22;25-18(29-13-11-23-20(27)16-5-2-1-3-6-16)8-9-19(26)30-14-12-24-21(28)17-7-4-10-22-15-17;/h1-10,15-16,29-30H,11-14H2,(H,27,33)(H,28,34);1-10,15H,11-14H2,(H,23,27)(H,24,28);1H4/b10-9+;9-8+;. The van der Waals surface area contributed by atoms with E-state index in [-0.39, 0.29) is 83.7 Å². The first-order chi connectivity index (χ1) is 32.1. The molecule has 348 valence electrons. The number of carbonyl (C=O) groups excluding carboxylic acids is 8. The number of aromatic nitrogens is 3. The van der Waals surface area contributed by atoms with Crippen LogP contribution in [-0.2, 0) is 38.1 Å². The molecule has 0 bridgehead atoms. The fourth-order valence-corrected chi connectivity index (χ4v) is 5.73. The van der Waals surface area contributed by atoms with Gasteiger partial charge in [0.25, 0.3) is 23.6 Å². The topological polar surface area (TPSA) is 266 Å². The highest BCUT2D eigenvalue weighted by Gasteiger charge is 2.13. The van der Waals surface area contributed by atoms with Crippen molar-refractivity contribution in [2.75, 3.05) is 52.6 Å². The Hall–Kier alpha value is -8.87. The molecule has 6 aromatic rings. The van der Waals surface area contributed by atoms with Crippen molar-refractivity contribution in [3.63, 3.8) is 0 Å². The Morgan fingerprint density at radius 2 is 0.806 bits per heavy atom. The number of hydrogen-bond donors (Lipinski definition) is 6. The van der Waals surface area contributed by atoms with Crippen LogP contribution in [0, 0.1) is 0 Å². The van der Waals surface area contributed by atoms with E-state index in [9.17, 15) is 38.4 Å². The molecule has 0 spiro atoms. The van der Waals surface area contributed by atoms with Gasteiger partial charge >= 0.3 is 23.9 Å². The largest absolute Gasteiger partial charge is 0.461 e. The molecule has 0 unspecified atom stereocenters. The van der Waals surface area contributed by atoms with Gasteiger partial charge in [0.1, 0.15) is 26.4 Å². The first kappa shape index (κ1) is 50.8. The first-order valence-electron chi connectivity index (χ1n) is 20.3. The molecule has 0 aliphatic carbocycles. The average Bonchev–Trinajstić information content (AvgIpc) is 3.99. The van der Waals surface area contributed by atoms with Crippen LogP contribution in [0.3, 0.4) is 0 Å². The quantitative estimate of drug-likeness (QED) is 0.0274. The van der Waals surface area contributed by atoms with Gasteiger partial charge in [0.15, 0.2) is 0 Å². The first-order valence-corrected chi connectivity index (χ1v) is 20.3. The van der Waals surface area contributed by atoms with E-state index in [1.54, 1.807) is 61.1 Å². The lowest BCUT2D eigenvalue weighted by Gasteiger charge is -2.06. The normalized spacial score (nSPS) is 10.5. The number of H-pyrrole nitrogens is 2. The maximum atomic E-state index is 12.3. The molecule has 67 heavy (non-hydrogen) atoms. The van der Waals surface area contributed by atoms with Gasteiger partial charge in [-0.3, -0.25) is 24.2 Å². The van der Waals surface area contributed by atoms with Crippen molar-refractivity contribution < 1.29 is 57.3 Å². The predicted octanol–water partition coefficient (Wildman–Crippen LogP) is 3.97. The molecule has 3 aromatic heterocycles. The minimum Gasteiger partial charge on any atom is -0.461 e. The van der Waals surface area contributed by atoms with Crippen molar-refractivity contribution >= 4 is 69.3 Å². The third-order valence-electron chi connectivity index (χ3n) is 8.87. The number of nitrogens with one attached hydrogen (secondary N) is 6. The maximum absolute atomic E-state index is 12.3. The Labute approximate surface area is 384 Å². The van der Waals surface area contributed by atoms with Crippen LogP contribution in [0.1, 0.15) is 48.9 Å². The van der Waals surface area contributed by atoms with E-state index < -0.39 is 23.9 Å². The van der Waals surface area contributed by atoms with E-state index in [1.807, 2.05) is 48.5 Å². The van der Waals surface area contributed by atoms with Crippen LogP contribution in [0.4, 0.5) is 0 Å². The van der Waals surface area contributed by atoms with E-state index in [1.165, 1.54) is 6.20 Å². The summed E-state index contributed by atoms with van der Waals surface area (Å²) in [6.45, 7) is 0.232. The molecule has 0 saturated heterocycles. The van der Waals surface area contributed by atoms with Crippen LogP contribution in [-0.4, -0.2) is 115 Å². The lowest BCUT2D eigenvalue weighted by Crippen LogP contribution is -2.28. The number of esters is 4. The SMILES string of the molecule is C.O=C(/C=C/C(=O)OCCNC(=O)c1c[nH]c2ccccc12)OCCNC(=O)c1c[nH]c2ccccc12.O=C(/C=C/C(=O)OCCNC(=O)c1cccnc1)OCCNC(=O)c1ccccc1. The zero-order valence-corrected chi connectivity index (χ0v) is 35.3. The predicted molar refractivity (Wildman–Crippen MR) is 245 cm³/mol. The molecule has 4 amide bonds. The molecule has 3 heterocycles. The summed E-state index contributed by atoms with van der Waals surface area (Å²) in [5, 5.41) is 12.1. The molecule has 0 atom stereocenters. The second-order valence-corrected chi connectivity index (χ2v) is 13.5. The van der Waals surface area contributed by atoms with E-state index in [0.717, 1.165) is 46.1 Å². The molecule has 0 saturated carbocycles. The highest BCUT2D eigenvalue weighted by Crippen LogP contribution is 2.18. The summed E-state index contributed by atoms with van der Waals surface area (Å²) in [6, 6.07) is 26.7. The smallest absolute Gasteiger partial charge is 0.331 e. The number of nitrogens with zero attached hydrogens (tertiary/aromatic N) is 1. The van der Waals surface area contributed by atoms with Gasteiger partial charge in [-0.15, -0.1) is 0 Å². The number of aromatic amines is 2. The Morgan fingerprint density at radius 3 is 1.21 bits per heavy atom. The number of carbonyl (C=O) groups is 8. The van der Waals surface area contributed by atoms with E-state index in [4.69, 9.17) is 18.9 Å². The van der Waals surface area contributed by atoms with Crippen molar-refractivity contribution in [2.24, 2.45) is 0 Å². The van der Waals surface area contributed by atoms with E-state index in [0.29, 0.717) is 22.3 Å². The number of ether oxygens (including phenoxy) is 4. The zero-order chi connectivity index (χ0) is 46.9. The summed E-state index contributed by atoms with van der Waals surface area (Å²) >= 11 is 0. The molecule has 0 radical (unpaired) electrons. The minimum absolute atomic E-state index is 0. The maximum Gasteiger partial charge on any atom is 0.331 e. The monoisotopic (exact) mass is 915 g/mol. The van der Waals surface area contributed by atoms with Crippen LogP contribution in [0.2, 0.25) is 0 Å². The average molecular weight is 916 g/mol. The van der Waals surface area contributed by atoms with Crippen molar-refractivity contribution in [1.82, 2.24) is 36.2 Å². The summed E-state index contributed by atoms with van der Waals surface area (Å²) in [7, 11) is 0. The number of amides is 4. The highest BCUT2D eigenvalue weighted by molar-refractivity contribution is 6.07. The van der Waals surface area contributed by atoms with Crippen LogP contribution in [0.15, 0.2) is 140 Å². The van der Waals surface area contributed by atoms with E-state index >= 15 is 0 Å². The number of para-hydroxylation sites is 2. The van der Waals surface area contributed by atoms with Gasteiger partial charge in [0, 0.05) is 76.5 Å². The molecule has 19 nitrogen and oxygen atoms in total. The number of benzene rings is 3. The van der Waals surface area contributed by atoms with E-state index in [2.05, 4.69) is 36.2 Å². The summed E-state index contributed by atoms with van der Waals surface area (Å²) in [4.78, 5) is 105. The number of hydrogen-bond acceptors (Lipinski definition) is 13. The van der Waals surface area contributed by atoms with Gasteiger partial charge in [-0.2, -0.15) is 0 Å². The van der Waals surface area contributed by atoms with Gasteiger partial charge in [0.05, 0.1) is 42.9 Å². The van der Waals surface area contributed by atoms with Gasteiger partial charge in [-0.05, 0) is 36.4 Å². The third kappa shape index (κ3) is 17.0.